The molecular weight excluding hydrogens is 311 g/mol. The molecule has 0 aliphatic carbocycles. The van der Waals surface area contributed by atoms with Crippen molar-refractivity contribution >= 4 is 0 Å². The second-order valence-electron chi connectivity index (χ2n) is 6.48. The molecular formula is C17H17FN4O2. The van der Waals surface area contributed by atoms with Crippen molar-refractivity contribution in [3.05, 3.63) is 64.0 Å². The molecule has 1 aromatic carbocycles. The van der Waals surface area contributed by atoms with E-state index in [1.807, 2.05) is 20.8 Å². The van der Waals surface area contributed by atoms with Gasteiger partial charge in [0.05, 0.1) is 6.54 Å². The third kappa shape index (κ3) is 3.24. The second-order valence-corrected chi connectivity index (χ2v) is 6.48. The number of hydrogen-bond acceptors (Lipinski definition) is 5. The molecule has 0 aliphatic rings. The van der Waals surface area contributed by atoms with Crippen LogP contribution in [-0.4, -0.2) is 19.9 Å². The van der Waals surface area contributed by atoms with Crippen LogP contribution in [0.5, 0.6) is 0 Å². The molecule has 0 fully saturated rings. The molecule has 2 heterocycles. The van der Waals surface area contributed by atoms with E-state index in [-0.39, 0.29) is 29.2 Å². The molecule has 0 aliphatic heterocycles. The zero-order chi connectivity index (χ0) is 17.3. The van der Waals surface area contributed by atoms with Gasteiger partial charge in [0.25, 0.3) is 11.4 Å². The fourth-order valence-electron chi connectivity index (χ4n) is 2.10. The molecule has 3 aromatic rings. The van der Waals surface area contributed by atoms with Crippen LogP contribution in [-0.2, 0) is 12.0 Å². The molecule has 2 aromatic heterocycles. The van der Waals surface area contributed by atoms with Crippen molar-refractivity contribution < 1.29 is 8.91 Å². The molecule has 7 heteroatoms. The number of rotatable bonds is 3. The fraction of sp³-hybridized carbons (Fsp3) is 0.294. The molecule has 24 heavy (non-hydrogen) atoms. The van der Waals surface area contributed by atoms with Gasteiger partial charge in [-0.05, 0) is 12.1 Å². The third-order valence-corrected chi connectivity index (χ3v) is 3.46. The van der Waals surface area contributed by atoms with Gasteiger partial charge in [0.1, 0.15) is 11.5 Å². The molecule has 0 radical (unpaired) electrons. The Morgan fingerprint density at radius 3 is 2.58 bits per heavy atom. The summed E-state index contributed by atoms with van der Waals surface area (Å²) in [6.07, 6.45) is 0. The zero-order valence-corrected chi connectivity index (χ0v) is 13.7. The van der Waals surface area contributed by atoms with Crippen molar-refractivity contribution in [3.8, 4) is 11.6 Å². The Balaban J connectivity index is 1.96. The Bertz CT molecular complexity index is 925. The predicted octanol–water partition coefficient (Wildman–Crippen LogP) is 2.78. The normalized spacial score (nSPS) is 11.7. The molecule has 0 bridgehead atoms. The van der Waals surface area contributed by atoms with Crippen molar-refractivity contribution in [2.75, 3.05) is 0 Å². The Hall–Kier alpha value is -2.83. The topological polar surface area (TPSA) is 73.8 Å². The van der Waals surface area contributed by atoms with Crippen molar-refractivity contribution in [1.82, 2.24) is 19.9 Å². The van der Waals surface area contributed by atoms with Crippen LogP contribution >= 0.6 is 0 Å². The second kappa shape index (κ2) is 5.99. The number of nitrogens with zero attached hydrogens (tertiary/aromatic N) is 4. The quantitative estimate of drug-likeness (QED) is 0.739. The smallest absolute Gasteiger partial charge is 0.278 e. The number of aromatic nitrogens is 4. The van der Waals surface area contributed by atoms with E-state index in [4.69, 9.17) is 4.52 Å². The molecule has 0 amide bonds. The highest BCUT2D eigenvalue weighted by atomic mass is 19.1. The van der Waals surface area contributed by atoms with Crippen LogP contribution in [0.1, 0.15) is 32.2 Å². The van der Waals surface area contributed by atoms with Crippen LogP contribution < -0.4 is 5.56 Å². The number of hydrogen-bond donors (Lipinski definition) is 0. The lowest BCUT2D eigenvalue weighted by molar-refractivity contribution is 0.400. The summed E-state index contributed by atoms with van der Waals surface area (Å²) in [5.74, 6) is 0.387. The molecule has 0 saturated carbocycles. The van der Waals surface area contributed by atoms with E-state index in [1.54, 1.807) is 18.2 Å². The average molecular weight is 328 g/mol. The molecule has 0 N–H and O–H groups in total. The van der Waals surface area contributed by atoms with Gasteiger partial charge in [-0.2, -0.15) is 10.1 Å². The van der Waals surface area contributed by atoms with Crippen LogP contribution in [0.3, 0.4) is 0 Å². The molecule has 0 atom stereocenters. The summed E-state index contributed by atoms with van der Waals surface area (Å²) in [5.41, 5.74) is 0.153. The van der Waals surface area contributed by atoms with Crippen molar-refractivity contribution in [2.24, 2.45) is 0 Å². The van der Waals surface area contributed by atoms with E-state index in [0.717, 1.165) is 0 Å². The van der Waals surface area contributed by atoms with E-state index >= 15 is 0 Å². The molecule has 124 valence electrons. The summed E-state index contributed by atoms with van der Waals surface area (Å²) in [7, 11) is 0. The molecule has 6 nitrogen and oxygen atoms in total. The third-order valence-electron chi connectivity index (χ3n) is 3.46. The average Bonchev–Trinajstić information content (AvgIpc) is 3.02. The Kier molecular flexibility index (Phi) is 4.01. The summed E-state index contributed by atoms with van der Waals surface area (Å²) >= 11 is 0. The summed E-state index contributed by atoms with van der Waals surface area (Å²) in [4.78, 5) is 16.3. The highest BCUT2D eigenvalue weighted by Gasteiger charge is 2.22. The molecule has 0 saturated heterocycles. The largest absolute Gasteiger partial charge is 0.332 e. The minimum Gasteiger partial charge on any atom is -0.332 e. The van der Waals surface area contributed by atoms with Crippen LogP contribution in [0.15, 0.2) is 45.7 Å². The molecule has 0 unspecified atom stereocenters. The van der Waals surface area contributed by atoms with Crippen molar-refractivity contribution in [2.45, 2.75) is 32.7 Å². The maximum Gasteiger partial charge on any atom is 0.278 e. The standard InChI is InChI=1S/C17H17FN4O2/c1-17(2,3)16-19-15(24-21-16)13-8-9-14(23)22(20-13)10-11-6-4-5-7-12(11)18/h4-9H,10H2,1-3H3. The SMILES string of the molecule is CC(C)(C)c1noc(-c2ccc(=O)n(Cc3ccccc3F)n2)n1. The highest BCUT2D eigenvalue weighted by molar-refractivity contribution is 5.44. The van der Waals surface area contributed by atoms with Gasteiger partial charge in [-0.15, -0.1) is 0 Å². The number of halogens is 1. The van der Waals surface area contributed by atoms with Gasteiger partial charge < -0.3 is 4.52 Å². The van der Waals surface area contributed by atoms with Crippen LogP contribution in [0.25, 0.3) is 11.6 Å². The van der Waals surface area contributed by atoms with E-state index < -0.39 is 0 Å². The maximum atomic E-state index is 13.8. The molecule has 3 rings (SSSR count). The van der Waals surface area contributed by atoms with Gasteiger partial charge in [0.15, 0.2) is 5.82 Å². The highest BCUT2D eigenvalue weighted by Crippen LogP contribution is 2.22. The minimum absolute atomic E-state index is 0.0274. The van der Waals surface area contributed by atoms with Crippen LogP contribution in [0.2, 0.25) is 0 Å². The van der Waals surface area contributed by atoms with Gasteiger partial charge in [-0.25, -0.2) is 9.07 Å². The van der Waals surface area contributed by atoms with Crippen LogP contribution in [0, 0.1) is 5.82 Å². The van der Waals surface area contributed by atoms with E-state index in [1.165, 1.54) is 22.9 Å². The first-order chi connectivity index (χ1) is 11.3. The Morgan fingerprint density at radius 1 is 1.17 bits per heavy atom. The maximum absolute atomic E-state index is 13.8. The lowest BCUT2D eigenvalue weighted by Gasteiger charge is -2.10. The first-order valence-electron chi connectivity index (χ1n) is 7.51. The zero-order valence-electron chi connectivity index (χ0n) is 13.7. The number of benzene rings is 1. The van der Waals surface area contributed by atoms with Gasteiger partial charge in [0.2, 0.25) is 0 Å². The van der Waals surface area contributed by atoms with Crippen molar-refractivity contribution in [1.29, 1.82) is 0 Å². The molecule has 0 spiro atoms. The summed E-state index contributed by atoms with van der Waals surface area (Å²) < 4.78 is 20.2. The van der Waals surface area contributed by atoms with Gasteiger partial charge in [0, 0.05) is 17.0 Å². The van der Waals surface area contributed by atoms with Gasteiger partial charge >= 0.3 is 0 Å². The first-order valence-corrected chi connectivity index (χ1v) is 7.51. The Labute approximate surface area is 138 Å². The van der Waals surface area contributed by atoms with Crippen LogP contribution in [0.4, 0.5) is 4.39 Å². The fourth-order valence-corrected chi connectivity index (χ4v) is 2.10. The predicted molar refractivity (Wildman–Crippen MR) is 86.0 cm³/mol. The summed E-state index contributed by atoms with van der Waals surface area (Å²) in [6, 6.07) is 9.13. The van der Waals surface area contributed by atoms with E-state index in [9.17, 15) is 9.18 Å². The summed E-state index contributed by atoms with van der Waals surface area (Å²) in [6.45, 7) is 5.93. The van der Waals surface area contributed by atoms with E-state index in [0.29, 0.717) is 17.1 Å². The summed E-state index contributed by atoms with van der Waals surface area (Å²) in [5, 5.41) is 8.16. The van der Waals surface area contributed by atoms with Crippen molar-refractivity contribution in [3.63, 3.8) is 0 Å². The Morgan fingerprint density at radius 2 is 1.92 bits per heavy atom. The van der Waals surface area contributed by atoms with E-state index in [2.05, 4.69) is 15.2 Å². The lowest BCUT2D eigenvalue weighted by atomic mass is 9.96. The van der Waals surface area contributed by atoms with Gasteiger partial charge in [-0.1, -0.05) is 44.1 Å². The monoisotopic (exact) mass is 328 g/mol. The lowest BCUT2D eigenvalue weighted by Crippen LogP contribution is -2.23. The minimum atomic E-state index is -0.385. The first kappa shape index (κ1) is 16.0. The van der Waals surface area contributed by atoms with Gasteiger partial charge in [-0.3, -0.25) is 4.79 Å².